The molecule has 0 aromatic heterocycles. The third-order valence-electron chi connectivity index (χ3n) is 11.3. The zero-order valence-electron chi connectivity index (χ0n) is 34.6. The van der Waals surface area contributed by atoms with Gasteiger partial charge in [-0.1, -0.05) is 6.07 Å². The summed E-state index contributed by atoms with van der Waals surface area (Å²) in [6.45, 7) is 6.82. The third-order valence-corrected chi connectivity index (χ3v) is 11.3. The molecule has 0 bridgehead atoms. The SMILES string of the molecule is COc1ccc(CC2c3cc(OC)c(OC)cc3CC[N+]2(C)CCCOC(=O)C=CC(=O)OCCC[N+]2(Cc3ccc(OC)c(OC)c3)CCOCC2)cc1OC. The third kappa shape index (κ3) is 11.1. The van der Waals surface area contributed by atoms with Crippen LogP contribution >= 0.6 is 0 Å². The molecular weight excluding hydrogens is 732 g/mol. The minimum atomic E-state index is -0.579. The highest BCUT2D eigenvalue weighted by Crippen LogP contribution is 2.43. The van der Waals surface area contributed by atoms with Crippen LogP contribution in [0.1, 0.15) is 41.1 Å². The molecule has 2 atom stereocenters. The van der Waals surface area contributed by atoms with E-state index in [1.165, 1.54) is 11.1 Å². The van der Waals surface area contributed by atoms with Crippen molar-refractivity contribution in [2.45, 2.75) is 38.3 Å². The van der Waals surface area contributed by atoms with Gasteiger partial charge in [-0.25, -0.2) is 9.59 Å². The van der Waals surface area contributed by atoms with Gasteiger partial charge in [-0.15, -0.1) is 0 Å². The molecule has 0 aliphatic carbocycles. The Bertz CT molecular complexity index is 1840. The first-order chi connectivity index (χ1) is 27.6. The standard InChI is InChI=1S/C44H60N2O11/c1-45(19-16-34-29-41(53-6)42(54-7)30-35(34)36(45)26-32-10-12-37(49-2)39(27-32)51-4)17-8-22-56-43(47)14-15-44(48)57-23-9-18-46(20-24-55-25-21-46)31-33-11-13-38(50-3)40(28-33)52-5/h10-15,27-30,36H,8-9,16-26,31H2,1-7H3/q+2. The van der Waals surface area contributed by atoms with E-state index < -0.39 is 11.9 Å². The lowest BCUT2D eigenvalue weighted by molar-refractivity contribution is -0.947. The van der Waals surface area contributed by atoms with Gasteiger partial charge in [0, 0.05) is 49.0 Å². The number of carbonyl (C=O) groups excluding carboxylic acids is 2. The van der Waals surface area contributed by atoms with Gasteiger partial charge in [0.05, 0.1) is 95.8 Å². The highest BCUT2D eigenvalue weighted by atomic mass is 16.5. The van der Waals surface area contributed by atoms with Gasteiger partial charge in [0.15, 0.2) is 34.5 Å². The van der Waals surface area contributed by atoms with Crippen LogP contribution in [0.5, 0.6) is 34.5 Å². The molecule has 2 aliphatic heterocycles. The van der Waals surface area contributed by atoms with Crippen molar-refractivity contribution in [1.29, 1.82) is 0 Å². The number of hydrogen-bond donors (Lipinski definition) is 0. The van der Waals surface area contributed by atoms with Crippen LogP contribution in [-0.4, -0.2) is 130 Å². The first kappa shape index (κ1) is 43.1. The summed E-state index contributed by atoms with van der Waals surface area (Å²) >= 11 is 0. The van der Waals surface area contributed by atoms with Crippen LogP contribution in [0.2, 0.25) is 0 Å². The molecule has 0 saturated carbocycles. The number of methoxy groups -OCH3 is 6. The Morgan fingerprint density at radius 3 is 1.74 bits per heavy atom. The maximum Gasteiger partial charge on any atom is 0.331 e. The van der Waals surface area contributed by atoms with Crippen LogP contribution < -0.4 is 28.4 Å². The zero-order chi connectivity index (χ0) is 40.8. The molecule has 1 fully saturated rings. The molecular formula is C44H60N2O11+2. The Morgan fingerprint density at radius 2 is 1.16 bits per heavy atom. The summed E-state index contributed by atoms with van der Waals surface area (Å²) in [5, 5.41) is 0. The number of quaternary nitrogens is 2. The number of carbonyl (C=O) groups is 2. The summed E-state index contributed by atoms with van der Waals surface area (Å²) in [7, 11) is 12.1. The number of benzene rings is 3. The van der Waals surface area contributed by atoms with Crippen molar-refractivity contribution in [3.05, 3.63) is 82.9 Å². The van der Waals surface area contributed by atoms with E-state index in [0.29, 0.717) is 60.6 Å². The minimum Gasteiger partial charge on any atom is -0.493 e. The molecule has 0 N–H and O–H groups in total. The summed E-state index contributed by atoms with van der Waals surface area (Å²) < 4.78 is 51.6. The summed E-state index contributed by atoms with van der Waals surface area (Å²) in [6.07, 6.45) is 5.21. The van der Waals surface area contributed by atoms with E-state index in [9.17, 15) is 9.59 Å². The van der Waals surface area contributed by atoms with E-state index in [4.69, 9.17) is 42.6 Å². The van der Waals surface area contributed by atoms with Crippen molar-refractivity contribution in [3.63, 3.8) is 0 Å². The fourth-order valence-corrected chi connectivity index (χ4v) is 8.12. The average Bonchev–Trinajstić information content (AvgIpc) is 3.24. The fourth-order valence-electron chi connectivity index (χ4n) is 8.12. The summed E-state index contributed by atoms with van der Waals surface area (Å²) in [5.41, 5.74) is 4.69. The lowest BCUT2D eigenvalue weighted by Gasteiger charge is -2.46. The molecule has 0 spiro atoms. The van der Waals surface area contributed by atoms with Gasteiger partial charge in [0.25, 0.3) is 0 Å². The maximum atomic E-state index is 12.6. The highest BCUT2D eigenvalue weighted by molar-refractivity contribution is 5.91. The van der Waals surface area contributed by atoms with Crippen LogP contribution in [-0.2, 0) is 43.2 Å². The second-order valence-corrected chi connectivity index (χ2v) is 14.8. The minimum absolute atomic E-state index is 0.0862. The Balaban J connectivity index is 1.12. The van der Waals surface area contributed by atoms with Crippen molar-refractivity contribution < 1.29 is 61.2 Å². The second kappa shape index (κ2) is 20.4. The predicted octanol–water partition coefficient (Wildman–Crippen LogP) is 5.49. The lowest BCUT2D eigenvalue weighted by Crippen LogP contribution is -2.55. The Kier molecular flexibility index (Phi) is 15.5. The van der Waals surface area contributed by atoms with Crippen LogP contribution in [0.4, 0.5) is 0 Å². The predicted molar refractivity (Wildman–Crippen MR) is 214 cm³/mol. The molecule has 0 amide bonds. The van der Waals surface area contributed by atoms with Crippen LogP contribution in [0.3, 0.4) is 0 Å². The second-order valence-electron chi connectivity index (χ2n) is 14.8. The van der Waals surface area contributed by atoms with Crippen molar-refractivity contribution in [2.75, 3.05) is 109 Å². The molecule has 2 unspecified atom stereocenters. The Morgan fingerprint density at radius 1 is 0.649 bits per heavy atom. The topological polar surface area (TPSA) is 117 Å². The van der Waals surface area contributed by atoms with E-state index in [1.54, 1.807) is 42.7 Å². The molecule has 2 aliphatic rings. The number of nitrogens with zero attached hydrogens (tertiary/aromatic N) is 2. The smallest absolute Gasteiger partial charge is 0.331 e. The van der Waals surface area contributed by atoms with Gasteiger partial charge < -0.3 is 51.6 Å². The van der Waals surface area contributed by atoms with Crippen molar-refractivity contribution >= 4 is 11.9 Å². The van der Waals surface area contributed by atoms with E-state index in [0.717, 1.165) is 84.4 Å². The number of morpholine rings is 1. The Hall–Kier alpha value is -4.98. The Labute approximate surface area is 337 Å². The number of esters is 2. The van der Waals surface area contributed by atoms with E-state index in [1.807, 2.05) is 24.3 Å². The first-order valence-corrected chi connectivity index (χ1v) is 19.5. The summed E-state index contributed by atoms with van der Waals surface area (Å²) in [4.78, 5) is 25.2. The summed E-state index contributed by atoms with van der Waals surface area (Å²) in [6, 6.07) is 16.3. The van der Waals surface area contributed by atoms with Crippen LogP contribution in [0.15, 0.2) is 60.7 Å². The molecule has 2 heterocycles. The molecule has 13 heteroatoms. The molecule has 310 valence electrons. The number of rotatable bonds is 20. The number of ether oxygens (including phenoxy) is 9. The van der Waals surface area contributed by atoms with Gasteiger partial charge in [0.1, 0.15) is 25.7 Å². The molecule has 1 saturated heterocycles. The quantitative estimate of drug-likeness (QED) is 0.0626. The maximum absolute atomic E-state index is 12.6. The monoisotopic (exact) mass is 792 g/mol. The normalized spacial score (nSPS) is 18.6. The molecule has 3 aromatic rings. The largest absolute Gasteiger partial charge is 0.493 e. The van der Waals surface area contributed by atoms with Gasteiger partial charge >= 0.3 is 11.9 Å². The summed E-state index contributed by atoms with van der Waals surface area (Å²) in [5.74, 6) is 3.00. The lowest BCUT2D eigenvalue weighted by atomic mass is 9.86. The van der Waals surface area contributed by atoms with Crippen LogP contribution in [0.25, 0.3) is 0 Å². The van der Waals surface area contributed by atoms with Crippen molar-refractivity contribution in [3.8, 4) is 34.5 Å². The van der Waals surface area contributed by atoms with E-state index in [-0.39, 0.29) is 19.3 Å². The fraction of sp³-hybridized carbons (Fsp3) is 0.500. The van der Waals surface area contributed by atoms with Gasteiger partial charge in [0.2, 0.25) is 0 Å². The molecule has 5 rings (SSSR count). The molecule has 0 radical (unpaired) electrons. The van der Waals surface area contributed by atoms with Crippen molar-refractivity contribution in [2.24, 2.45) is 0 Å². The molecule has 3 aromatic carbocycles. The number of hydrogen-bond acceptors (Lipinski definition) is 11. The zero-order valence-corrected chi connectivity index (χ0v) is 34.6. The molecule has 13 nitrogen and oxygen atoms in total. The molecule has 57 heavy (non-hydrogen) atoms. The number of likely N-dealkylation sites (N-methyl/N-ethyl adjacent to an activating group) is 1. The van der Waals surface area contributed by atoms with Crippen molar-refractivity contribution in [1.82, 2.24) is 0 Å². The van der Waals surface area contributed by atoms with Crippen LogP contribution in [0, 0.1) is 0 Å². The van der Waals surface area contributed by atoms with Gasteiger partial charge in [-0.3, -0.25) is 0 Å². The number of fused-ring (bicyclic) bond motifs is 1. The highest BCUT2D eigenvalue weighted by Gasteiger charge is 2.40. The average molecular weight is 793 g/mol. The van der Waals surface area contributed by atoms with E-state index >= 15 is 0 Å². The van der Waals surface area contributed by atoms with Gasteiger partial charge in [-0.2, -0.15) is 0 Å². The first-order valence-electron chi connectivity index (χ1n) is 19.5. The van der Waals surface area contributed by atoms with Gasteiger partial charge in [-0.05, 0) is 53.6 Å². The van der Waals surface area contributed by atoms with E-state index in [2.05, 4.69) is 31.3 Å².